The van der Waals surface area contributed by atoms with Gasteiger partial charge in [-0.05, 0) is 57.6 Å². The molecule has 5 heteroatoms. The van der Waals surface area contributed by atoms with E-state index in [1.54, 1.807) is 6.07 Å². The number of carbonyl (C=O) groups excluding carboxylic acids is 2. The van der Waals surface area contributed by atoms with Crippen LogP contribution in [0.4, 0.5) is 0 Å². The van der Waals surface area contributed by atoms with Gasteiger partial charge in [0.2, 0.25) is 0 Å². The number of cyclic esters (lactones) is 1. The third-order valence-corrected chi connectivity index (χ3v) is 5.52. The molecule has 0 spiro atoms. The smallest absolute Gasteiger partial charge is 0.345 e. The molecule has 5 nitrogen and oxygen atoms in total. The van der Waals surface area contributed by atoms with E-state index in [9.17, 15) is 14.7 Å². The maximum Gasteiger partial charge on any atom is 0.345 e. The van der Waals surface area contributed by atoms with Crippen molar-refractivity contribution >= 4 is 11.8 Å². The van der Waals surface area contributed by atoms with Crippen LogP contribution in [0.2, 0.25) is 0 Å². The van der Waals surface area contributed by atoms with E-state index in [0.29, 0.717) is 23.3 Å². The highest BCUT2D eigenvalue weighted by Gasteiger charge is 2.36. The lowest BCUT2D eigenvalue weighted by Crippen LogP contribution is -2.33. The van der Waals surface area contributed by atoms with Gasteiger partial charge in [-0.2, -0.15) is 0 Å². The van der Waals surface area contributed by atoms with E-state index < -0.39 is 12.3 Å². The molecule has 2 unspecified atom stereocenters. The summed E-state index contributed by atoms with van der Waals surface area (Å²) in [5, 5.41) is 10.9. The Morgan fingerprint density at radius 1 is 1.29 bits per heavy atom. The molecule has 2 atom stereocenters. The van der Waals surface area contributed by atoms with Crippen LogP contribution in [0.5, 0.6) is 11.5 Å². The lowest BCUT2D eigenvalue weighted by Gasteiger charge is -2.31. The molecule has 152 valence electrons. The second-order valence-electron chi connectivity index (χ2n) is 8.00. The van der Waals surface area contributed by atoms with Crippen LogP contribution < -0.4 is 4.74 Å². The monoisotopic (exact) mass is 386 g/mol. The van der Waals surface area contributed by atoms with Crippen LogP contribution in [-0.4, -0.2) is 23.1 Å². The van der Waals surface area contributed by atoms with E-state index in [-0.39, 0.29) is 23.9 Å². The average molecular weight is 386 g/mol. The molecule has 0 fully saturated rings. The minimum Gasteiger partial charge on any atom is -0.507 e. The third kappa shape index (κ3) is 4.40. The SMILES string of the molecule is CCCCCc1cc(O)c(C2C=C(C)CCC2)c2c1C(=O)OC(CC(C)=O)O2. The number of aryl methyl sites for hydroxylation is 1. The minimum absolute atomic E-state index is 0.00364. The fourth-order valence-electron chi connectivity index (χ4n) is 4.17. The molecule has 28 heavy (non-hydrogen) atoms. The summed E-state index contributed by atoms with van der Waals surface area (Å²) in [5.41, 5.74) is 3.10. The zero-order chi connectivity index (χ0) is 20.3. The molecule has 0 saturated carbocycles. The predicted octanol–water partition coefficient (Wildman–Crippen LogP) is 5.19. The van der Waals surface area contributed by atoms with Crippen molar-refractivity contribution in [2.45, 2.75) is 84.3 Å². The van der Waals surface area contributed by atoms with Crippen molar-refractivity contribution in [2.75, 3.05) is 0 Å². The number of hydrogen-bond acceptors (Lipinski definition) is 5. The molecular weight excluding hydrogens is 356 g/mol. The van der Waals surface area contributed by atoms with Crippen LogP contribution in [0, 0.1) is 0 Å². The Bertz CT molecular complexity index is 793. The van der Waals surface area contributed by atoms with E-state index in [2.05, 4.69) is 19.9 Å². The summed E-state index contributed by atoms with van der Waals surface area (Å²) in [6, 6.07) is 1.71. The first-order valence-corrected chi connectivity index (χ1v) is 10.3. The number of rotatable bonds is 7. The van der Waals surface area contributed by atoms with Gasteiger partial charge in [0, 0.05) is 11.5 Å². The summed E-state index contributed by atoms with van der Waals surface area (Å²) < 4.78 is 11.4. The fourth-order valence-corrected chi connectivity index (χ4v) is 4.17. The second kappa shape index (κ2) is 8.80. The van der Waals surface area contributed by atoms with Crippen LogP contribution in [0.1, 0.15) is 93.1 Å². The van der Waals surface area contributed by atoms with Crippen molar-refractivity contribution in [3.05, 3.63) is 34.4 Å². The molecule has 1 aliphatic carbocycles. The van der Waals surface area contributed by atoms with Crippen molar-refractivity contribution in [1.82, 2.24) is 0 Å². The normalized spacial score (nSPS) is 21.4. The van der Waals surface area contributed by atoms with E-state index in [0.717, 1.165) is 44.1 Å². The van der Waals surface area contributed by atoms with Crippen LogP contribution in [0.25, 0.3) is 0 Å². The molecule has 0 bridgehead atoms. The molecule has 0 aromatic heterocycles. The molecule has 0 saturated heterocycles. The third-order valence-electron chi connectivity index (χ3n) is 5.52. The minimum atomic E-state index is -0.935. The Kier molecular flexibility index (Phi) is 6.42. The van der Waals surface area contributed by atoms with E-state index in [1.165, 1.54) is 12.5 Å². The zero-order valence-corrected chi connectivity index (χ0v) is 17.0. The standard InChI is InChI=1S/C23H30O5/c1-4-5-6-9-17-13-18(25)20(16-10-7-8-14(2)11-16)22-21(17)23(26)28-19(27-22)12-15(3)24/h11,13,16,19,25H,4-10,12H2,1-3H3. The lowest BCUT2D eigenvalue weighted by molar-refractivity contribution is -0.125. The van der Waals surface area contributed by atoms with Gasteiger partial charge in [0.05, 0.1) is 6.42 Å². The summed E-state index contributed by atoms with van der Waals surface area (Å²) in [4.78, 5) is 24.4. The van der Waals surface area contributed by atoms with Gasteiger partial charge in [-0.1, -0.05) is 31.4 Å². The summed E-state index contributed by atoms with van der Waals surface area (Å²) in [6.07, 6.45) is 7.91. The van der Waals surface area contributed by atoms with Crippen LogP contribution in [-0.2, 0) is 16.0 Å². The number of ketones is 1. The number of carbonyl (C=O) groups is 2. The number of phenolic OH excluding ortho intramolecular Hbond substituents is 1. The number of esters is 1. The van der Waals surface area contributed by atoms with E-state index in [4.69, 9.17) is 9.47 Å². The Hall–Kier alpha value is -2.30. The van der Waals surface area contributed by atoms with Crippen molar-refractivity contribution in [2.24, 2.45) is 0 Å². The summed E-state index contributed by atoms with van der Waals surface area (Å²) in [5.74, 6) is -0.00483. The molecule has 1 aliphatic heterocycles. The van der Waals surface area contributed by atoms with E-state index in [1.807, 2.05) is 0 Å². The Balaban J connectivity index is 2.07. The molecular formula is C23H30O5. The molecule has 0 radical (unpaired) electrons. The number of hydrogen-bond donors (Lipinski definition) is 1. The van der Waals surface area contributed by atoms with Gasteiger partial charge in [-0.25, -0.2) is 4.79 Å². The first-order valence-electron chi connectivity index (χ1n) is 10.3. The fraction of sp³-hybridized carbons (Fsp3) is 0.565. The van der Waals surface area contributed by atoms with Gasteiger partial charge in [-0.15, -0.1) is 0 Å². The Morgan fingerprint density at radius 3 is 2.75 bits per heavy atom. The Morgan fingerprint density at radius 2 is 2.07 bits per heavy atom. The molecule has 1 aromatic rings. The van der Waals surface area contributed by atoms with Gasteiger partial charge in [-0.3, -0.25) is 4.79 Å². The van der Waals surface area contributed by atoms with Gasteiger partial charge in [0.15, 0.2) is 0 Å². The van der Waals surface area contributed by atoms with Gasteiger partial charge < -0.3 is 14.6 Å². The molecule has 2 aliphatic rings. The number of ether oxygens (including phenoxy) is 2. The highest BCUT2D eigenvalue weighted by molar-refractivity contribution is 5.96. The highest BCUT2D eigenvalue weighted by atomic mass is 16.7. The van der Waals surface area contributed by atoms with Crippen LogP contribution >= 0.6 is 0 Å². The van der Waals surface area contributed by atoms with Gasteiger partial charge in [0.1, 0.15) is 22.8 Å². The molecule has 1 heterocycles. The quantitative estimate of drug-likeness (QED) is 0.396. The lowest BCUT2D eigenvalue weighted by atomic mass is 9.83. The first-order chi connectivity index (χ1) is 13.4. The number of benzene rings is 1. The maximum atomic E-state index is 12.8. The molecule has 1 N–H and O–H groups in total. The predicted molar refractivity (Wildman–Crippen MR) is 107 cm³/mol. The van der Waals surface area contributed by atoms with Gasteiger partial charge >= 0.3 is 5.97 Å². The summed E-state index contributed by atoms with van der Waals surface area (Å²) in [7, 11) is 0. The molecule has 1 aromatic carbocycles. The second-order valence-corrected chi connectivity index (χ2v) is 8.00. The molecule has 0 amide bonds. The number of unbranched alkanes of at least 4 members (excludes halogenated alkanes) is 2. The number of phenols is 1. The number of fused-ring (bicyclic) bond motifs is 1. The van der Waals surface area contributed by atoms with Crippen molar-refractivity contribution in [1.29, 1.82) is 0 Å². The highest BCUT2D eigenvalue weighted by Crippen LogP contribution is 2.46. The average Bonchev–Trinajstić information content (AvgIpc) is 2.60. The largest absolute Gasteiger partial charge is 0.507 e. The zero-order valence-electron chi connectivity index (χ0n) is 17.0. The number of allylic oxidation sites excluding steroid dienone is 2. The molecule has 3 rings (SSSR count). The number of Topliss-reactive ketones (excluding diaryl/α,β-unsaturated/α-hetero) is 1. The van der Waals surface area contributed by atoms with Crippen molar-refractivity contribution < 1.29 is 24.2 Å². The maximum absolute atomic E-state index is 12.8. The Labute approximate surface area is 166 Å². The number of aromatic hydroxyl groups is 1. The van der Waals surface area contributed by atoms with E-state index >= 15 is 0 Å². The van der Waals surface area contributed by atoms with Crippen molar-refractivity contribution in [3.8, 4) is 11.5 Å². The van der Waals surface area contributed by atoms with Crippen molar-refractivity contribution in [3.63, 3.8) is 0 Å². The summed E-state index contributed by atoms with van der Waals surface area (Å²) >= 11 is 0. The first kappa shape index (κ1) is 20.4. The topological polar surface area (TPSA) is 72.8 Å². The summed E-state index contributed by atoms with van der Waals surface area (Å²) in [6.45, 7) is 5.65. The van der Waals surface area contributed by atoms with Gasteiger partial charge in [0.25, 0.3) is 6.29 Å². The van der Waals surface area contributed by atoms with Crippen LogP contribution in [0.3, 0.4) is 0 Å². The van der Waals surface area contributed by atoms with Crippen LogP contribution in [0.15, 0.2) is 17.7 Å².